The van der Waals surface area contributed by atoms with E-state index >= 15 is 0 Å². The number of nitrogens with zero attached hydrogens (tertiary/aromatic N) is 3. The van der Waals surface area contributed by atoms with E-state index in [0.717, 1.165) is 18.8 Å². The SMILES string of the molecule is CC1OCCC1N(C)c1cccc(/C(N)=N/O)n1. The van der Waals surface area contributed by atoms with Crippen LogP contribution in [0, 0.1) is 0 Å². The molecule has 0 aromatic carbocycles. The van der Waals surface area contributed by atoms with Gasteiger partial charge in [0.1, 0.15) is 11.5 Å². The Morgan fingerprint density at radius 1 is 1.61 bits per heavy atom. The first kappa shape index (κ1) is 12.6. The number of aromatic nitrogens is 1. The lowest BCUT2D eigenvalue weighted by Gasteiger charge is -2.27. The van der Waals surface area contributed by atoms with Crippen LogP contribution in [0.5, 0.6) is 0 Å². The molecule has 2 atom stereocenters. The van der Waals surface area contributed by atoms with Crippen LogP contribution in [0.25, 0.3) is 0 Å². The van der Waals surface area contributed by atoms with Gasteiger partial charge in [0.2, 0.25) is 0 Å². The van der Waals surface area contributed by atoms with Crippen LogP contribution in [-0.2, 0) is 4.74 Å². The van der Waals surface area contributed by atoms with Gasteiger partial charge in [0.05, 0.1) is 12.1 Å². The molecule has 1 aromatic heterocycles. The van der Waals surface area contributed by atoms with Crippen molar-refractivity contribution in [2.75, 3.05) is 18.6 Å². The van der Waals surface area contributed by atoms with Crippen molar-refractivity contribution >= 4 is 11.7 Å². The van der Waals surface area contributed by atoms with Gasteiger partial charge in [-0.2, -0.15) is 0 Å². The summed E-state index contributed by atoms with van der Waals surface area (Å²) in [5.41, 5.74) is 6.00. The van der Waals surface area contributed by atoms with Gasteiger partial charge in [-0.1, -0.05) is 11.2 Å². The smallest absolute Gasteiger partial charge is 0.188 e. The van der Waals surface area contributed by atoms with Gasteiger partial charge in [-0.05, 0) is 25.5 Å². The molecule has 0 saturated carbocycles. The Morgan fingerprint density at radius 3 is 3.00 bits per heavy atom. The number of likely N-dealkylation sites (N-methyl/N-ethyl adjacent to an activating group) is 1. The van der Waals surface area contributed by atoms with Crippen molar-refractivity contribution in [1.29, 1.82) is 0 Å². The molecule has 98 valence electrons. The molecule has 2 rings (SSSR count). The van der Waals surface area contributed by atoms with Crippen LogP contribution in [0.4, 0.5) is 5.82 Å². The first-order valence-corrected chi connectivity index (χ1v) is 5.93. The second kappa shape index (κ2) is 5.22. The van der Waals surface area contributed by atoms with Gasteiger partial charge in [0.25, 0.3) is 0 Å². The Morgan fingerprint density at radius 2 is 2.39 bits per heavy atom. The summed E-state index contributed by atoms with van der Waals surface area (Å²) in [6.07, 6.45) is 1.16. The lowest BCUT2D eigenvalue weighted by atomic mass is 10.1. The number of amidine groups is 1. The van der Waals surface area contributed by atoms with Crippen molar-refractivity contribution in [1.82, 2.24) is 4.98 Å². The van der Waals surface area contributed by atoms with Crippen molar-refractivity contribution in [3.63, 3.8) is 0 Å². The zero-order valence-electron chi connectivity index (χ0n) is 10.6. The van der Waals surface area contributed by atoms with Crippen LogP contribution in [0.3, 0.4) is 0 Å². The van der Waals surface area contributed by atoms with Crippen molar-refractivity contribution in [2.45, 2.75) is 25.5 Å². The Kier molecular flexibility index (Phi) is 3.66. The number of oxime groups is 1. The molecule has 6 nitrogen and oxygen atoms in total. The van der Waals surface area contributed by atoms with E-state index in [-0.39, 0.29) is 11.9 Å². The van der Waals surface area contributed by atoms with Crippen LogP contribution >= 0.6 is 0 Å². The molecule has 0 aliphatic carbocycles. The fourth-order valence-corrected chi connectivity index (χ4v) is 2.21. The zero-order valence-corrected chi connectivity index (χ0v) is 10.6. The average Bonchev–Trinajstić information content (AvgIpc) is 2.83. The number of anilines is 1. The van der Waals surface area contributed by atoms with Crippen LogP contribution in [-0.4, -0.2) is 41.8 Å². The molecule has 1 aromatic rings. The highest BCUT2D eigenvalue weighted by atomic mass is 16.5. The summed E-state index contributed by atoms with van der Waals surface area (Å²) in [5, 5.41) is 11.6. The summed E-state index contributed by atoms with van der Waals surface area (Å²) in [6.45, 7) is 2.83. The molecule has 6 heteroatoms. The van der Waals surface area contributed by atoms with Gasteiger partial charge in [0.15, 0.2) is 5.84 Å². The number of hydrogen-bond acceptors (Lipinski definition) is 5. The molecule has 1 fully saturated rings. The Labute approximate surface area is 106 Å². The second-order valence-electron chi connectivity index (χ2n) is 4.41. The maximum absolute atomic E-state index is 8.66. The molecular weight excluding hydrogens is 232 g/mol. The second-order valence-corrected chi connectivity index (χ2v) is 4.41. The number of ether oxygens (including phenoxy) is 1. The average molecular weight is 250 g/mol. The summed E-state index contributed by atoms with van der Waals surface area (Å²) in [7, 11) is 1.98. The van der Waals surface area contributed by atoms with Crippen LogP contribution < -0.4 is 10.6 Å². The van der Waals surface area contributed by atoms with Crippen molar-refractivity contribution < 1.29 is 9.94 Å². The minimum atomic E-state index is 0.0148. The topological polar surface area (TPSA) is 84.0 Å². The molecule has 0 bridgehead atoms. The van der Waals surface area contributed by atoms with E-state index in [1.807, 2.05) is 19.2 Å². The molecule has 1 aliphatic rings. The molecule has 0 spiro atoms. The Bertz CT molecular complexity index is 449. The quantitative estimate of drug-likeness (QED) is 0.358. The summed E-state index contributed by atoms with van der Waals surface area (Å²) >= 11 is 0. The highest BCUT2D eigenvalue weighted by Crippen LogP contribution is 2.22. The van der Waals surface area contributed by atoms with E-state index in [4.69, 9.17) is 15.7 Å². The molecule has 0 radical (unpaired) electrons. The molecule has 0 amide bonds. The summed E-state index contributed by atoms with van der Waals surface area (Å²) in [5.74, 6) is 0.808. The van der Waals surface area contributed by atoms with E-state index < -0.39 is 0 Å². The third-order valence-electron chi connectivity index (χ3n) is 3.30. The predicted molar refractivity (Wildman–Crippen MR) is 69.0 cm³/mol. The van der Waals surface area contributed by atoms with Crippen LogP contribution in [0.2, 0.25) is 0 Å². The standard InChI is InChI=1S/C12H18N4O2/c1-8-10(6-7-18-8)16(2)11-5-3-4-9(14-11)12(13)15-17/h3-5,8,10,17H,6-7H2,1-2H3,(H2,13,15). The van der Waals surface area contributed by atoms with E-state index in [0.29, 0.717) is 11.7 Å². The van der Waals surface area contributed by atoms with Crippen LogP contribution in [0.1, 0.15) is 19.0 Å². The third-order valence-corrected chi connectivity index (χ3v) is 3.30. The lowest BCUT2D eigenvalue weighted by Crippen LogP contribution is -2.37. The van der Waals surface area contributed by atoms with Gasteiger partial charge in [-0.3, -0.25) is 0 Å². The fourth-order valence-electron chi connectivity index (χ4n) is 2.21. The fraction of sp³-hybridized carbons (Fsp3) is 0.500. The third kappa shape index (κ3) is 2.38. The minimum absolute atomic E-state index is 0.0148. The lowest BCUT2D eigenvalue weighted by molar-refractivity contribution is 0.118. The number of rotatable bonds is 3. The van der Waals surface area contributed by atoms with E-state index in [1.54, 1.807) is 6.07 Å². The predicted octanol–water partition coefficient (Wildman–Crippen LogP) is 0.790. The summed E-state index contributed by atoms with van der Waals surface area (Å²) in [6, 6.07) is 5.76. The molecule has 3 N–H and O–H groups in total. The highest BCUT2D eigenvalue weighted by Gasteiger charge is 2.28. The summed E-state index contributed by atoms with van der Waals surface area (Å²) < 4.78 is 5.55. The molecule has 1 aliphatic heterocycles. The Balaban J connectivity index is 2.22. The van der Waals surface area contributed by atoms with Gasteiger partial charge >= 0.3 is 0 Å². The van der Waals surface area contributed by atoms with Crippen LogP contribution in [0.15, 0.2) is 23.4 Å². The minimum Gasteiger partial charge on any atom is -0.409 e. The monoisotopic (exact) mass is 250 g/mol. The van der Waals surface area contributed by atoms with Crippen molar-refractivity contribution in [3.8, 4) is 0 Å². The first-order valence-electron chi connectivity index (χ1n) is 5.93. The van der Waals surface area contributed by atoms with E-state index in [2.05, 4.69) is 22.0 Å². The van der Waals surface area contributed by atoms with Gasteiger partial charge in [-0.25, -0.2) is 4.98 Å². The van der Waals surface area contributed by atoms with Crippen molar-refractivity contribution in [3.05, 3.63) is 23.9 Å². The number of nitrogens with two attached hydrogens (primary N) is 1. The maximum Gasteiger partial charge on any atom is 0.188 e. The van der Waals surface area contributed by atoms with Gasteiger partial charge in [-0.15, -0.1) is 0 Å². The zero-order chi connectivity index (χ0) is 13.1. The largest absolute Gasteiger partial charge is 0.409 e. The van der Waals surface area contributed by atoms with E-state index in [1.165, 1.54) is 0 Å². The van der Waals surface area contributed by atoms with Gasteiger partial charge < -0.3 is 20.6 Å². The normalized spacial score (nSPS) is 24.2. The molecule has 2 unspecified atom stereocenters. The van der Waals surface area contributed by atoms with Gasteiger partial charge in [0, 0.05) is 13.7 Å². The maximum atomic E-state index is 8.66. The molecule has 18 heavy (non-hydrogen) atoms. The Hall–Kier alpha value is -1.82. The number of hydrogen-bond donors (Lipinski definition) is 2. The van der Waals surface area contributed by atoms with E-state index in [9.17, 15) is 0 Å². The molecule has 1 saturated heterocycles. The van der Waals surface area contributed by atoms with Crippen molar-refractivity contribution in [2.24, 2.45) is 10.9 Å². The first-order chi connectivity index (χ1) is 8.63. The molecule has 2 heterocycles. The number of pyridine rings is 1. The highest BCUT2D eigenvalue weighted by molar-refractivity contribution is 5.95. The summed E-state index contributed by atoms with van der Waals surface area (Å²) in [4.78, 5) is 6.45. The molecular formula is C12H18N4O2.